The predicted molar refractivity (Wildman–Crippen MR) is 139 cm³/mol. The molecule has 182 valence electrons. The lowest BCUT2D eigenvalue weighted by molar-refractivity contribution is 0.622. The molecule has 5 rings (SSSR count). The van der Waals surface area contributed by atoms with Gasteiger partial charge in [-0.2, -0.15) is 4.98 Å². The topological polar surface area (TPSA) is 94.1 Å². The SMILES string of the molecule is Cc1ccnc(SCCn2c(N3CCN(c4ccccc4)CC3)nc3c2c(=O)n(C)c(=O)n3C)n1. The van der Waals surface area contributed by atoms with E-state index in [2.05, 4.69) is 31.9 Å². The van der Waals surface area contributed by atoms with Gasteiger partial charge in [-0.3, -0.25) is 13.9 Å². The van der Waals surface area contributed by atoms with Crippen LogP contribution in [0.4, 0.5) is 11.6 Å². The number of benzene rings is 1. The molecule has 0 bridgehead atoms. The zero-order valence-electron chi connectivity index (χ0n) is 20.1. The molecule has 0 aliphatic carbocycles. The number of aryl methyl sites for hydroxylation is 3. The Morgan fingerprint density at radius 3 is 2.34 bits per heavy atom. The number of piperazine rings is 1. The summed E-state index contributed by atoms with van der Waals surface area (Å²) in [5.41, 5.74) is 2.26. The molecular weight excluding hydrogens is 464 g/mol. The highest BCUT2D eigenvalue weighted by Crippen LogP contribution is 2.24. The normalized spacial score (nSPS) is 14.1. The summed E-state index contributed by atoms with van der Waals surface area (Å²) in [6.45, 7) is 5.69. The molecular formula is C24H28N8O2S. The van der Waals surface area contributed by atoms with E-state index in [1.165, 1.54) is 29.1 Å². The third-order valence-corrected chi connectivity index (χ3v) is 7.17. The maximum atomic E-state index is 13.2. The molecule has 1 aliphatic heterocycles. The molecule has 0 atom stereocenters. The van der Waals surface area contributed by atoms with Crippen molar-refractivity contribution in [2.75, 3.05) is 41.7 Å². The number of hydrogen-bond acceptors (Lipinski definition) is 8. The van der Waals surface area contributed by atoms with Crippen LogP contribution in [0.25, 0.3) is 11.2 Å². The first kappa shape index (κ1) is 23.2. The smallest absolute Gasteiger partial charge is 0.332 e. The number of aromatic nitrogens is 6. The van der Waals surface area contributed by atoms with Gasteiger partial charge in [0.15, 0.2) is 16.3 Å². The van der Waals surface area contributed by atoms with E-state index in [1.54, 1.807) is 13.2 Å². The third kappa shape index (κ3) is 4.43. The summed E-state index contributed by atoms with van der Waals surface area (Å²) in [5.74, 6) is 1.38. The number of rotatable bonds is 6. The minimum absolute atomic E-state index is 0.332. The Morgan fingerprint density at radius 1 is 0.914 bits per heavy atom. The van der Waals surface area contributed by atoms with E-state index in [9.17, 15) is 9.59 Å². The lowest BCUT2D eigenvalue weighted by Gasteiger charge is -2.36. The Bertz CT molecular complexity index is 1470. The maximum Gasteiger partial charge on any atom is 0.332 e. The fraction of sp³-hybridized carbons (Fsp3) is 0.375. The van der Waals surface area contributed by atoms with Crippen LogP contribution in [0.3, 0.4) is 0 Å². The van der Waals surface area contributed by atoms with Gasteiger partial charge < -0.3 is 14.4 Å². The molecule has 0 unspecified atom stereocenters. The summed E-state index contributed by atoms with van der Waals surface area (Å²) in [6, 6.07) is 12.2. The number of thioether (sulfide) groups is 1. The first-order valence-electron chi connectivity index (χ1n) is 11.6. The Kier molecular flexibility index (Phi) is 6.33. The minimum Gasteiger partial charge on any atom is -0.368 e. The average molecular weight is 493 g/mol. The fourth-order valence-electron chi connectivity index (χ4n) is 4.42. The molecule has 0 N–H and O–H groups in total. The summed E-state index contributed by atoms with van der Waals surface area (Å²) in [6.07, 6.45) is 1.75. The highest BCUT2D eigenvalue weighted by atomic mass is 32.2. The fourth-order valence-corrected chi connectivity index (χ4v) is 5.22. The Morgan fingerprint density at radius 2 is 1.63 bits per heavy atom. The zero-order valence-corrected chi connectivity index (χ0v) is 20.9. The van der Waals surface area contributed by atoms with Gasteiger partial charge in [0, 0.05) is 70.2 Å². The van der Waals surface area contributed by atoms with E-state index in [4.69, 9.17) is 4.98 Å². The van der Waals surface area contributed by atoms with Gasteiger partial charge in [0.1, 0.15) is 0 Å². The summed E-state index contributed by atoms with van der Waals surface area (Å²) in [7, 11) is 3.17. The highest BCUT2D eigenvalue weighted by Gasteiger charge is 2.25. The molecule has 1 saturated heterocycles. The number of fused-ring (bicyclic) bond motifs is 1. The van der Waals surface area contributed by atoms with Gasteiger partial charge in [0.05, 0.1) is 0 Å². The van der Waals surface area contributed by atoms with E-state index in [0.717, 1.165) is 42.4 Å². The molecule has 1 fully saturated rings. The van der Waals surface area contributed by atoms with Crippen molar-refractivity contribution in [1.82, 2.24) is 28.7 Å². The van der Waals surface area contributed by atoms with Crippen molar-refractivity contribution < 1.29 is 0 Å². The van der Waals surface area contributed by atoms with Gasteiger partial charge in [-0.25, -0.2) is 14.8 Å². The second-order valence-electron chi connectivity index (χ2n) is 8.58. The van der Waals surface area contributed by atoms with Gasteiger partial charge in [-0.05, 0) is 25.1 Å². The van der Waals surface area contributed by atoms with E-state index in [1.807, 2.05) is 35.8 Å². The van der Waals surface area contributed by atoms with Crippen molar-refractivity contribution in [3.05, 3.63) is 69.1 Å². The van der Waals surface area contributed by atoms with Gasteiger partial charge in [0.25, 0.3) is 5.56 Å². The molecule has 1 aliphatic rings. The summed E-state index contributed by atoms with van der Waals surface area (Å²) in [5, 5.41) is 0.702. The van der Waals surface area contributed by atoms with Crippen molar-refractivity contribution in [2.24, 2.45) is 14.1 Å². The molecule has 10 nitrogen and oxygen atoms in total. The summed E-state index contributed by atoms with van der Waals surface area (Å²) in [4.78, 5) is 43.9. The van der Waals surface area contributed by atoms with Crippen molar-refractivity contribution in [3.63, 3.8) is 0 Å². The Balaban J connectivity index is 1.47. The molecule has 4 heterocycles. The molecule has 0 spiro atoms. The second-order valence-corrected chi connectivity index (χ2v) is 9.64. The monoisotopic (exact) mass is 492 g/mol. The van der Waals surface area contributed by atoms with Gasteiger partial charge in [-0.15, -0.1) is 0 Å². The van der Waals surface area contributed by atoms with Crippen LogP contribution in [-0.4, -0.2) is 60.6 Å². The molecule has 0 amide bonds. The standard InChI is InChI=1S/C24H28N8O2S/c1-17-9-10-25-22(26-17)35-16-15-32-19-20(28(2)24(34)29(3)21(19)33)27-23(32)31-13-11-30(12-14-31)18-7-5-4-6-8-18/h4-10H,11-16H2,1-3H3. The maximum absolute atomic E-state index is 13.2. The Labute approximate surface area is 206 Å². The van der Waals surface area contributed by atoms with Crippen LogP contribution in [-0.2, 0) is 20.6 Å². The Hall–Kier alpha value is -3.60. The van der Waals surface area contributed by atoms with Gasteiger partial charge >= 0.3 is 5.69 Å². The highest BCUT2D eigenvalue weighted by molar-refractivity contribution is 7.99. The van der Waals surface area contributed by atoms with Crippen LogP contribution in [0, 0.1) is 6.92 Å². The van der Waals surface area contributed by atoms with E-state index < -0.39 is 0 Å². The molecule has 35 heavy (non-hydrogen) atoms. The molecule has 11 heteroatoms. The predicted octanol–water partition coefficient (Wildman–Crippen LogP) is 1.65. The van der Waals surface area contributed by atoms with Crippen LogP contribution < -0.4 is 21.0 Å². The number of hydrogen-bond donors (Lipinski definition) is 0. The third-order valence-electron chi connectivity index (χ3n) is 6.33. The first-order valence-corrected chi connectivity index (χ1v) is 12.6. The number of anilines is 2. The summed E-state index contributed by atoms with van der Waals surface area (Å²) < 4.78 is 4.56. The zero-order chi connectivity index (χ0) is 24.5. The minimum atomic E-state index is -0.380. The molecule has 3 aromatic heterocycles. The number of nitrogens with zero attached hydrogens (tertiary/aromatic N) is 8. The number of para-hydroxylation sites is 1. The van der Waals surface area contributed by atoms with Crippen LogP contribution in [0.5, 0.6) is 0 Å². The van der Waals surface area contributed by atoms with Gasteiger partial charge in [-0.1, -0.05) is 30.0 Å². The van der Waals surface area contributed by atoms with Crippen LogP contribution in [0.2, 0.25) is 0 Å². The van der Waals surface area contributed by atoms with Crippen molar-refractivity contribution in [2.45, 2.75) is 18.6 Å². The first-order chi connectivity index (χ1) is 16.9. The van der Waals surface area contributed by atoms with E-state index in [-0.39, 0.29) is 11.2 Å². The van der Waals surface area contributed by atoms with Crippen molar-refractivity contribution in [3.8, 4) is 0 Å². The van der Waals surface area contributed by atoms with Crippen LogP contribution in [0.15, 0.2) is 57.3 Å². The molecule has 1 aromatic carbocycles. The lowest BCUT2D eigenvalue weighted by atomic mass is 10.2. The van der Waals surface area contributed by atoms with Crippen LogP contribution >= 0.6 is 11.8 Å². The van der Waals surface area contributed by atoms with E-state index in [0.29, 0.717) is 28.6 Å². The average Bonchev–Trinajstić information content (AvgIpc) is 3.26. The van der Waals surface area contributed by atoms with E-state index >= 15 is 0 Å². The van der Waals surface area contributed by atoms with Gasteiger partial charge in [0.2, 0.25) is 5.95 Å². The quantitative estimate of drug-likeness (QED) is 0.296. The molecule has 0 radical (unpaired) electrons. The lowest BCUT2D eigenvalue weighted by Crippen LogP contribution is -2.47. The summed E-state index contributed by atoms with van der Waals surface area (Å²) >= 11 is 1.54. The second kappa shape index (κ2) is 9.57. The van der Waals surface area contributed by atoms with Crippen molar-refractivity contribution in [1.29, 1.82) is 0 Å². The molecule has 0 saturated carbocycles. The largest absolute Gasteiger partial charge is 0.368 e. The molecule has 4 aromatic rings. The number of imidazole rings is 1. The van der Waals surface area contributed by atoms with Crippen molar-refractivity contribution >= 4 is 34.6 Å². The van der Waals surface area contributed by atoms with Crippen LogP contribution in [0.1, 0.15) is 5.69 Å².